The van der Waals surface area contributed by atoms with E-state index in [-0.39, 0.29) is 5.41 Å². The first-order valence-corrected chi connectivity index (χ1v) is 7.62. The van der Waals surface area contributed by atoms with Crippen LogP contribution in [0, 0.1) is 5.41 Å². The van der Waals surface area contributed by atoms with Crippen LogP contribution in [0.1, 0.15) is 44.7 Å². The Morgan fingerprint density at radius 2 is 1.55 bits per heavy atom. The zero-order chi connectivity index (χ0) is 16.6. The Kier molecular flexibility index (Phi) is 4.60. The Morgan fingerprint density at radius 3 is 1.95 bits per heavy atom. The number of hydrogen-bond acceptors (Lipinski definition) is 2. The number of halogens is 3. The lowest BCUT2D eigenvalue weighted by Gasteiger charge is -2.46. The third-order valence-electron chi connectivity index (χ3n) is 4.77. The van der Waals surface area contributed by atoms with Gasteiger partial charge in [-0.25, -0.2) is 0 Å². The van der Waals surface area contributed by atoms with E-state index in [1.807, 2.05) is 20.8 Å². The van der Waals surface area contributed by atoms with E-state index >= 15 is 0 Å². The van der Waals surface area contributed by atoms with Crippen LogP contribution in [0.2, 0.25) is 0 Å². The van der Waals surface area contributed by atoms with Gasteiger partial charge in [0.25, 0.3) is 0 Å². The van der Waals surface area contributed by atoms with Gasteiger partial charge in [-0.05, 0) is 36.0 Å². The van der Waals surface area contributed by atoms with Crippen molar-refractivity contribution in [2.75, 3.05) is 13.1 Å². The predicted molar refractivity (Wildman–Crippen MR) is 80.4 cm³/mol. The molecular formula is C17H24F3NO. The van der Waals surface area contributed by atoms with E-state index in [1.165, 1.54) is 12.1 Å². The maximum atomic E-state index is 12.5. The Labute approximate surface area is 129 Å². The van der Waals surface area contributed by atoms with Gasteiger partial charge in [0.05, 0.1) is 11.2 Å². The first-order chi connectivity index (χ1) is 10.0. The molecule has 5 heteroatoms. The molecular weight excluding hydrogens is 291 g/mol. The third kappa shape index (κ3) is 3.82. The monoisotopic (exact) mass is 315 g/mol. The van der Waals surface area contributed by atoms with Crippen LogP contribution < -0.4 is 0 Å². The molecule has 0 atom stereocenters. The molecule has 0 bridgehead atoms. The van der Waals surface area contributed by atoms with Gasteiger partial charge in [0.2, 0.25) is 0 Å². The molecule has 1 heterocycles. The summed E-state index contributed by atoms with van der Waals surface area (Å²) in [5.41, 5.74) is -0.567. The average Bonchev–Trinajstić information content (AvgIpc) is 2.40. The molecule has 0 aromatic heterocycles. The quantitative estimate of drug-likeness (QED) is 0.889. The van der Waals surface area contributed by atoms with E-state index in [0.717, 1.165) is 30.8 Å². The van der Waals surface area contributed by atoms with Crippen LogP contribution in [0.4, 0.5) is 13.2 Å². The van der Waals surface area contributed by atoms with Gasteiger partial charge in [0.15, 0.2) is 0 Å². The Bertz CT molecular complexity index is 494. The molecule has 0 saturated carbocycles. The summed E-state index contributed by atoms with van der Waals surface area (Å²) >= 11 is 0. The van der Waals surface area contributed by atoms with E-state index in [1.54, 1.807) is 0 Å². The van der Waals surface area contributed by atoms with Gasteiger partial charge in [0.1, 0.15) is 0 Å². The van der Waals surface area contributed by atoms with Crippen molar-refractivity contribution in [3.63, 3.8) is 0 Å². The minimum Gasteiger partial charge on any atom is -0.389 e. The summed E-state index contributed by atoms with van der Waals surface area (Å²) in [4.78, 5) is 2.18. The predicted octanol–water partition coefficient (Wildman–Crippen LogP) is 4.08. The summed E-state index contributed by atoms with van der Waals surface area (Å²) in [6.45, 7) is 8.26. The molecule has 1 aliphatic rings. The van der Waals surface area contributed by atoms with Crippen LogP contribution in [-0.2, 0) is 12.7 Å². The van der Waals surface area contributed by atoms with Crippen LogP contribution in [-0.4, -0.2) is 28.7 Å². The second-order valence-electron chi connectivity index (χ2n) is 7.25. The van der Waals surface area contributed by atoms with Crippen molar-refractivity contribution in [3.8, 4) is 0 Å². The molecule has 1 fully saturated rings. The number of benzene rings is 1. The SMILES string of the molecule is CC(C)(C)C1(O)CCN(Cc2ccc(C(F)(F)F)cc2)CC1. The Morgan fingerprint density at radius 1 is 1.05 bits per heavy atom. The number of hydrogen-bond donors (Lipinski definition) is 1. The van der Waals surface area contributed by atoms with E-state index in [0.29, 0.717) is 19.4 Å². The summed E-state index contributed by atoms with van der Waals surface area (Å²) < 4.78 is 37.6. The number of nitrogens with zero attached hydrogens (tertiary/aromatic N) is 1. The minimum atomic E-state index is -4.28. The molecule has 124 valence electrons. The fraction of sp³-hybridized carbons (Fsp3) is 0.647. The van der Waals surface area contributed by atoms with Crippen molar-refractivity contribution in [1.29, 1.82) is 0 Å². The standard InChI is InChI=1S/C17H24F3NO/c1-15(2,3)16(22)8-10-21(11-9-16)12-13-4-6-14(7-5-13)17(18,19)20/h4-7,22H,8-12H2,1-3H3. The fourth-order valence-electron chi connectivity index (χ4n) is 2.89. The lowest BCUT2D eigenvalue weighted by atomic mass is 9.71. The van der Waals surface area contributed by atoms with Gasteiger partial charge in [-0.3, -0.25) is 4.90 Å². The summed E-state index contributed by atoms with van der Waals surface area (Å²) in [5, 5.41) is 10.7. The number of aliphatic hydroxyl groups is 1. The molecule has 1 aliphatic heterocycles. The highest BCUT2D eigenvalue weighted by Gasteiger charge is 2.42. The highest BCUT2D eigenvalue weighted by molar-refractivity contribution is 5.24. The van der Waals surface area contributed by atoms with Crippen LogP contribution in [0.5, 0.6) is 0 Å². The van der Waals surface area contributed by atoms with Crippen molar-refractivity contribution in [2.24, 2.45) is 5.41 Å². The number of rotatable bonds is 2. The van der Waals surface area contributed by atoms with E-state index in [2.05, 4.69) is 4.90 Å². The van der Waals surface area contributed by atoms with Crippen molar-refractivity contribution >= 4 is 0 Å². The number of piperidine rings is 1. The van der Waals surface area contributed by atoms with Crippen LogP contribution in [0.3, 0.4) is 0 Å². The molecule has 1 saturated heterocycles. The Balaban J connectivity index is 1.94. The Hall–Kier alpha value is -1.07. The molecule has 1 N–H and O–H groups in total. The largest absolute Gasteiger partial charge is 0.416 e. The number of alkyl halides is 3. The van der Waals surface area contributed by atoms with E-state index in [9.17, 15) is 18.3 Å². The molecule has 1 aromatic rings. The van der Waals surface area contributed by atoms with Gasteiger partial charge in [-0.1, -0.05) is 32.9 Å². The first-order valence-electron chi connectivity index (χ1n) is 7.62. The minimum absolute atomic E-state index is 0.159. The van der Waals surface area contributed by atoms with Crippen LogP contribution in [0.15, 0.2) is 24.3 Å². The smallest absolute Gasteiger partial charge is 0.389 e. The summed E-state index contributed by atoms with van der Waals surface area (Å²) in [6.07, 6.45) is -2.90. The second-order valence-corrected chi connectivity index (χ2v) is 7.25. The van der Waals surface area contributed by atoms with Gasteiger partial charge in [-0.2, -0.15) is 13.2 Å². The van der Waals surface area contributed by atoms with Crippen molar-refractivity contribution in [1.82, 2.24) is 4.90 Å². The van der Waals surface area contributed by atoms with Crippen molar-refractivity contribution in [3.05, 3.63) is 35.4 Å². The highest BCUT2D eigenvalue weighted by atomic mass is 19.4. The molecule has 0 spiro atoms. The molecule has 0 amide bonds. The molecule has 0 unspecified atom stereocenters. The second kappa shape index (κ2) is 5.85. The summed E-state index contributed by atoms with van der Waals surface area (Å²) in [6, 6.07) is 5.33. The summed E-state index contributed by atoms with van der Waals surface area (Å²) in [5.74, 6) is 0. The lowest BCUT2D eigenvalue weighted by molar-refractivity contribution is -0.137. The van der Waals surface area contributed by atoms with Gasteiger partial charge >= 0.3 is 6.18 Å². The average molecular weight is 315 g/mol. The molecule has 22 heavy (non-hydrogen) atoms. The molecule has 1 aromatic carbocycles. The topological polar surface area (TPSA) is 23.5 Å². The van der Waals surface area contributed by atoms with Crippen molar-refractivity contribution < 1.29 is 18.3 Å². The zero-order valence-corrected chi connectivity index (χ0v) is 13.4. The highest BCUT2D eigenvalue weighted by Crippen LogP contribution is 2.39. The normalized spacial score (nSPS) is 20.1. The van der Waals surface area contributed by atoms with E-state index in [4.69, 9.17) is 0 Å². The van der Waals surface area contributed by atoms with Gasteiger partial charge < -0.3 is 5.11 Å². The zero-order valence-electron chi connectivity index (χ0n) is 13.4. The maximum Gasteiger partial charge on any atom is 0.416 e. The molecule has 0 radical (unpaired) electrons. The third-order valence-corrected chi connectivity index (χ3v) is 4.77. The van der Waals surface area contributed by atoms with Crippen LogP contribution in [0.25, 0.3) is 0 Å². The molecule has 2 rings (SSSR count). The lowest BCUT2D eigenvalue weighted by Crippen LogP contribution is -2.51. The van der Waals surface area contributed by atoms with Crippen LogP contribution >= 0.6 is 0 Å². The van der Waals surface area contributed by atoms with Gasteiger partial charge in [-0.15, -0.1) is 0 Å². The molecule has 2 nitrogen and oxygen atoms in total. The number of likely N-dealkylation sites (tertiary alicyclic amines) is 1. The fourth-order valence-corrected chi connectivity index (χ4v) is 2.89. The van der Waals surface area contributed by atoms with Gasteiger partial charge in [0, 0.05) is 19.6 Å². The van der Waals surface area contributed by atoms with Crippen molar-refractivity contribution in [2.45, 2.75) is 51.9 Å². The maximum absolute atomic E-state index is 12.5. The van der Waals surface area contributed by atoms with E-state index < -0.39 is 17.3 Å². The first kappa shape index (κ1) is 17.3. The summed E-state index contributed by atoms with van der Waals surface area (Å²) in [7, 11) is 0. The molecule has 0 aliphatic carbocycles.